The molecule has 1 aromatic rings. The van der Waals surface area contributed by atoms with E-state index in [2.05, 4.69) is 9.97 Å². The van der Waals surface area contributed by atoms with Gasteiger partial charge in [-0.15, -0.1) is 0 Å². The Morgan fingerprint density at radius 3 is 2.29 bits per heavy atom. The van der Waals surface area contributed by atoms with E-state index in [0.717, 1.165) is 13.1 Å². The van der Waals surface area contributed by atoms with Gasteiger partial charge in [0.2, 0.25) is 5.95 Å². The van der Waals surface area contributed by atoms with Crippen LogP contribution >= 0.6 is 0 Å². The average molecular weight is 198 g/mol. The van der Waals surface area contributed by atoms with E-state index in [1.807, 2.05) is 18.7 Å². The van der Waals surface area contributed by atoms with E-state index in [1.165, 1.54) is 0 Å². The lowest BCUT2D eigenvalue weighted by atomic mass is 10.4. The van der Waals surface area contributed by atoms with Crippen LogP contribution in [0.2, 0.25) is 0 Å². The maximum Gasteiger partial charge on any atom is 0.227 e. The predicted octanol–water partition coefficient (Wildman–Crippen LogP) is 1.35. The summed E-state index contributed by atoms with van der Waals surface area (Å²) < 4.78 is 13.1. The molecule has 0 atom stereocenters. The third-order valence-corrected chi connectivity index (χ3v) is 2.08. The van der Waals surface area contributed by atoms with Gasteiger partial charge in [-0.2, -0.15) is 4.98 Å². The van der Waals surface area contributed by atoms with Crippen molar-refractivity contribution in [1.29, 1.82) is 0 Å². The van der Waals surface area contributed by atoms with Crippen LogP contribution in [-0.4, -0.2) is 23.1 Å². The molecule has 0 aliphatic rings. The first-order valence-electron chi connectivity index (χ1n) is 4.64. The molecule has 1 aromatic heterocycles. The molecule has 0 saturated heterocycles. The first-order valence-corrected chi connectivity index (χ1v) is 4.64. The number of nitrogens with zero attached hydrogens (tertiary/aromatic N) is 3. The Bertz CT molecular complexity index is 300. The van der Waals surface area contributed by atoms with Crippen LogP contribution in [0.3, 0.4) is 0 Å². The molecular formula is C9H15FN4. The van der Waals surface area contributed by atoms with E-state index in [-0.39, 0.29) is 5.82 Å². The smallest absolute Gasteiger partial charge is 0.227 e. The molecule has 2 N–H and O–H groups in total. The van der Waals surface area contributed by atoms with Gasteiger partial charge >= 0.3 is 0 Å². The molecule has 0 fully saturated rings. The van der Waals surface area contributed by atoms with Crippen LogP contribution in [0.1, 0.15) is 19.5 Å². The third kappa shape index (κ3) is 1.92. The van der Waals surface area contributed by atoms with Crippen LogP contribution < -0.4 is 10.6 Å². The van der Waals surface area contributed by atoms with Crippen molar-refractivity contribution in [3.8, 4) is 0 Å². The van der Waals surface area contributed by atoms with Gasteiger partial charge < -0.3 is 10.6 Å². The molecule has 78 valence electrons. The molecule has 5 heteroatoms. The highest BCUT2D eigenvalue weighted by Gasteiger charge is 2.11. The van der Waals surface area contributed by atoms with Crippen LogP contribution in [0.5, 0.6) is 0 Å². The van der Waals surface area contributed by atoms with Crippen molar-refractivity contribution in [2.75, 3.05) is 23.7 Å². The molecule has 0 aliphatic carbocycles. The molecule has 0 aromatic carbocycles. The normalized spacial score (nSPS) is 10.3. The van der Waals surface area contributed by atoms with Gasteiger partial charge in [-0.3, -0.25) is 0 Å². The molecule has 0 spiro atoms. The molecule has 1 heterocycles. The minimum Gasteiger partial charge on any atom is -0.381 e. The Labute approximate surface area is 83.0 Å². The molecule has 1 rings (SSSR count). The number of aryl methyl sites for hydroxylation is 1. The van der Waals surface area contributed by atoms with E-state index in [1.54, 1.807) is 6.92 Å². The van der Waals surface area contributed by atoms with Gasteiger partial charge in [-0.25, -0.2) is 9.37 Å². The molecule has 14 heavy (non-hydrogen) atoms. The van der Waals surface area contributed by atoms with Crippen LogP contribution in [0.25, 0.3) is 0 Å². The van der Waals surface area contributed by atoms with Crippen molar-refractivity contribution >= 4 is 11.8 Å². The van der Waals surface area contributed by atoms with Gasteiger partial charge in [0.15, 0.2) is 11.6 Å². The van der Waals surface area contributed by atoms with Crippen molar-refractivity contribution in [3.05, 3.63) is 11.5 Å². The van der Waals surface area contributed by atoms with Crippen LogP contribution in [0.15, 0.2) is 0 Å². The number of halogens is 1. The summed E-state index contributed by atoms with van der Waals surface area (Å²) in [5.74, 6) is -0.119. The molecule has 0 unspecified atom stereocenters. The van der Waals surface area contributed by atoms with Crippen molar-refractivity contribution in [3.63, 3.8) is 0 Å². The van der Waals surface area contributed by atoms with Gasteiger partial charge in [-0.05, 0) is 20.8 Å². The van der Waals surface area contributed by atoms with E-state index in [0.29, 0.717) is 11.6 Å². The molecule has 0 aliphatic heterocycles. The first kappa shape index (κ1) is 10.7. The minimum absolute atomic E-state index is 0.0839. The monoisotopic (exact) mass is 198 g/mol. The number of nitrogens with two attached hydrogens (primary N) is 1. The van der Waals surface area contributed by atoms with Crippen molar-refractivity contribution in [2.24, 2.45) is 0 Å². The summed E-state index contributed by atoms with van der Waals surface area (Å²) in [5.41, 5.74) is 5.71. The van der Waals surface area contributed by atoms with Crippen LogP contribution in [-0.2, 0) is 0 Å². The maximum atomic E-state index is 13.1. The maximum absolute atomic E-state index is 13.1. The largest absolute Gasteiger partial charge is 0.381 e. The number of hydrogen-bond donors (Lipinski definition) is 1. The van der Waals surface area contributed by atoms with Crippen molar-refractivity contribution < 1.29 is 4.39 Å². The van der Waals surface area contributed by atoms with Gasteiger partial charge in [-0.1, -0.05) is 0 Å². The highest BCUT2D eigenvalue weighted by Crippen LogP contribution is 2.15. The molecule has 0 amide bonds. The van der Waals surface area contributed by atoms with Crippen molar-refractivity contribution in [2.45, 2.75) is 20.8 Å². The van der Waals surface area contributed by atoms with Crippen molar-refractivity contribution in [1.82, 2.24) is 9.97 Å². The van der Waals surface area contributed by atoms with E-state index >= 15 is 0 Å². The second-order valence-electron chi connectivity index (χ2n) is 2.98. The first-order chi connectivity index (χ1) is 6.60. The highest BCUT2D eigenvalue weighted by molar-refractivity contribution is 5.41. The molecule has 0 saturated carbocycles. The fourth-order valence-electron chi connectivity index (χ4n) is 1.21. The van der Waals surface area contributed by atoms with Gasteiger partial charge in [0.25, 0.3) is 0 Å². The van der Waals surface area contributed by atoms with Crippen LogP contribution in [0.4, 0.5) is 16.2 Å². The van der Waals surface area contributed by atoms with Gasteiger partial charge in [0, 0.05) is 13.1 Å². The lowest BCUT2D eigenvalue weighted by Gasteiger charge is -2.19. The van der Waals surface area contributed by atoms with E-state index in [4.69, 9.17) is 5.73 Å². The number of rotatable bonds is 3. The standard InChI is InChI=1S/C9H15FN4/c1-4-14(5-2)9-12-6(3)7(10)8(11)13-9/h4-5H2,1-3H3,(H2,11,12,13). The summed E-state index contributed by atoms with van der Waals surface area (Å²) in [7, 11) is 0. The Morgan fingerprint density at radius 2 is 1.86 bits per heavy atom. The Hall–Kier alpha value is -1.39. The molecular weight excluding hydrogens is 183 g/mol. The van der Waals surface area contributed by atoms with E-state index < -0.39 is 5.82 Å². The predicted molar refractivity (Wildman–Crippen MR) is 54.7 cm³/mol. The number of hydrogen-bond acceptors (Lipinski definition) is 4. The second-order valence-corrected chi connectivity index (χ2v) is 2.98. The second kappa shape index (κ2) is 4.21. The summed E-state index contributed by atoms with van der Waals surface area (Å²) in [6, 6.07) is 0. The SMILES string of the molecule is CCN(CC)c1nc(C)c(F)c(N)n1. The minimum atomic E-state index is -0.527. The highest BCUT2D eigenvalue weighted by atomic mass is 19.1. The average Bonchev–Trinajstić information content (AvgIpc) is 2.16. The summed E-state index contributed by atoms with van der Waals surface area (Å²) in [5, 5.41) is 0. The summed E-state index contributed by atoms with van der Waals surface area (Å²) >= 11 is 0. The number of nitrogen functional groups attached to an aromatic ring is 1. The molecule has 0 radical (unpaired) electrons. The Morgan fingerprint density at radius 1 is 1.29 bits per heavy atom. The lowest BCUT2D eigenvalue weighted by Crippen LogP contribution is -2.25. The zero-order chi connectivity index (χ0) is 10.7. The number of aromatic nitrogens is 2. The zero-order valence-electron chi connectivity index (χ0n) is 8.71. The topological polar surface area (TPSA) is 55.0 Å². The fourth-order valence-corrected chi connectivity index (χ4v) is 1.21. The van der Waals surface area contributed by atoms with Gasteiger partial charge in [0.05, 0.1) is 5.69 Å². The Balaban J connectivity index is 3.11. The zero-order valence-corrected chi connectivity index (χ0v) is 8.71. The molecule has 4 nitrogen and oxygen atoms in total. The number of anilines is 2. The Kier molecular flexibility index (Phi) is 3.22. The fraction of sp³-hybridized carbons (Fsp3) is 0.556. The third-order valence-electron chi connectivity index (χ3n) is 2.08. The van der Waals surface area contributed by atoms with E-state index in [9.17, 15) is 4.39 Å². The quantitative estimate of drug-likeness (QED) is 0.796. The summed E-state index contributed by atoms with van der Waals surface area (Å²) in [6.45, 7) is 7.12. The van der Waals surface area contributed by atoms with Crippen LogP contribution in [0, 0.1) is 12.7 Å². The summed E-state index contributed by atoms with van der Waals surface area (Å²) in [4.78, 5) is 9.85. The summed E-state index contributed by atoms with van der Waals surface area (Å²) in [6.07, 6.45) is 0. The molecule has 0 bridgehead atoms. The van der Waals surface area contributed by atoms with Gasteiger partial charge in [0.1, 0.15) is 0 Å². The lowest BCUT2D eigenvalue weighted by molar-refractivity contribution is 0.605.